The summed E-state index contributed by atoms with van der Waals surface area (Å²) in [5.74, 6) is -1.12. The van der Waals surface area contributed by atoms with Gasteiger partial charge in [-0.25, -0.2) is 8.78 Å². The van der Waals surface area contributed by atoms with Gasteiger partial charge in [0.05, 0.1) is 4.83 Å². The molecule has 0 aliphatic carbocycles. The molecule has 2 aromatic carbocycles. The molecule has 0 radical (unpaired) electrons. The first kappa shape index (κ1) is 15.5. The van der Waals surface area contributed by atoms with E-state index in [1.54, 1.807) is 6.92 Å². The summed E-state index contributed by atoms with van der Waals surface area (Å²) in [7, 11) is 0. The molecule has 0 heterocycles. The van der Waals surface area contributed by atoms with Crippen molar-refractivity contribution in [3.63, 3.8) is 0 Å². The molecule has 0 saturated carbocycles. The minimum absolute atomic E-state index is 0.00449. The maximum absolute atomic E-state index is 14.2. The van der Waals surface area contributed by atoms with Crippen molar-refractivity contribution in [1.82, 2.24) is 0 Å². The van der Waals surface area contributed by atoms with Crippen LogP contribution < -0.4 is 0 Å². The number of alkyl halides is 1. The second-order valence-electron chi connectivity index (χ2n) is 4.91. The number of aryl methyl sites for hydroxylation is 3. The van der Waals surface area contributed by atoms with E-state index in [1.807, 2.05) is 26.0 Å². The smallest absolute Gasteiger partial charge is 0.133 e. The van der Waals surface area contributed by atoms with Crippen molar-refractivity contribution in [2.45, 2.75) is 25.6 Å². The van der Waals surface area contributed by atoms with Gasteiger partial charge in [0.2, 0.25) is 0 Å². The van der Waals surface area contributed by atoms with Crippen LogP contribution in [0.4, 0.5) is 8.78 Å². The van der Waals surface area contributed by atoms with E-state index in [2.05, 4.69) is 15.9 Å². The minimum Gasteiger partial charge on any atom is -0.207 e. The highest BCUT2D eigenvalue weighted by atomic mass is 79.9. The summed E-state index contributed by atoms with van der Waals surface area (Å²) >= 11 is 9.59. The van der Waals surface area contributed by atoms with Crippen molar-refractivity contribution in [2.24, 2.45) is 0 Å². The standard InChI is InChI=1S/C16H14BrClF2/c1-8-4-5-13(19)14(16(8)20)15(17)11-6-9(2)10(3)7-12(11)18/h4-7,15H,1-3H3. The molecule has 0 amide bonds. The Morgan fingerprint density at radius 2 is 1.60 bits per heavy atom. The van der Waals surface area contributed by atoms with Gasteiger partial charge in [0.15, 0.2) is 0 Å². The lowest BCUT2D eigenvalue weighted by atomic mass is 9.98. The average Bonchev–Trinajstić information content (AvgIpc) is 2.38. The molecule has 0 fully saturated rings. The third-order valence-electron chi connectivity index (χ3n) is 3.46. The highest BCUT2D eigenvalue weighted by Crippen LogP contribution is 2.39. The highest BCUT2D eigenvalue weighted by Gasteiger charge is 2.23. The number of hydrogen-bond donors (Lipinski definition) is 0. The van der Waals surface area contributed by atoms with Gasteiger partial charge in [-0.15, -0.1) is 0 Å². The van der Waals surface area contributed by atoms with Crippen LogP contribution in [-0.2, 0) is 0 Å². The maximum Gasteiger partial charge on any atom is 0.133 e. The van der Waals surface area contributed by atoms with Gasteiger partial charge >= 0.3 is 0 Å². The van der Waals surface area contributed by atoms with E-state index < -0.39 is 16.5 Å². The van der Waals surface area contributed by atoms with Crippen LogP contribution in [0.1, 0.15) is 32.6 Å². The zero-order chi connectivity index (χ0) is 15.0. The highest BCUT2D eigenvalue weighted by molar-refractivity contribution is 9.09. The monoisotopic (exact) mass is 358 g/mol. The molecule has 0 aromatic heterocycles. The first-order chi connectivity index (χ1) is 9.32. The second kappa shape index (κ2) is 5.82. The van der Waals surface area contributed by atoms with Gasteiger partial charge in [0.25, 0.3) is 0 Å². The zero-order valence-corrected chi connectivity index (χ0v) is 13.7. The number of rotatable bonds is 2. The number of hydrogen-bond acceptors (Lipinski definition) is 0. The molecule has 20 heavy (non-hydrogen) atoms. The molecule has 0 aliphatic heterocycles. The zero-order valence-electron chi connectivity index (χ0n) is 11.4. The molecule has 4 heteroatoms. The molecule has 1 unspecified atom stereocenters. The molecular weight excluding hydrogens is 346 g/mol. The van der Waals surface area contributed by atoms with E-state index in [1.165, 1.54) is 12.1 Å². The molecule has 0 nitrogen and oxygen atoms in total. The van der Waals surface area contributed by atoms with Crippen molar-refractivity contribution in [3.05, 3.63) is 68.7 Å². The van der Waals surface area contributed by atoms with Crippen molar-refractivity contribution < 1.29 is 8.78 Å². The molecular formula is C16H14BrClF2. The molecule has 0 spiro atoms. The van der Waals surface area contributed by atoms with Gasteiger partial charge < -0.3 is 0 Å². The molecule has 106 valence electrons. The SMILES string of the molecule is Cc1cc(Cl)c(C(Br)c2c(F)ccc(C)c2F)cc1C. The number of halogens is 4. The van der Waals surface area contributed by atoms with Crippen LogP contribution in [0.25, 0.3) is 0 Å². The summed E-state index contributed by atoms with van der Waals surface area (Å²) in [6.45, 7) is 5.50. The van der Waals surface area contributed by atoms with Crippen LogP contribution in [-0.4, -0.2) is 0 Å². The van der Waals surface area contributed by atoms with Crippen LogP contribution in [0.2, 0.25) is 5.02 Å². The predicted octanol–water partition coefficient (Wildman–Crippen LogP) is 6.03. The first-order valence-electron chi connectivity index (χ1n) is 6.18. The van der Waals surface area contributed by atoms with Crippen molar-refractivity contribution in [3.8, 4) is 0 Å². The third-order valence-corrected chi connectivity index (χ3v) is 4.74. The van der Waals surface area contributed by atoms with E-state index in [0.717, 1.165) is 11.1 Å². The molecule has 2 rings (SSSR count). The van der Waals surface area contributed by atoms with Gasteiger partial charge in [-0.1, -0.05) is 39.7 Å². The van der Waals surface area contributed by atoms with Crippen LogP contribution >= 0.6 is 27.5 Å². The Kier molecular flexibility index (Phi) is 4.50. The van der Waals surface area contributed by atoms with Crippen LogP contribution in [0.15, 0.2) is 24.3 Å². The Labute approximate surface area is 130 Å². The number of benzene rings is 2. The second-order valence-corrected chi connectivity index (χ2v) is 6.24. The Hall–Kier alpha value is -0.930. The Morgan fingerprint density at radius 3 is 2.25 bits per heavy atom. The Morgan fingerprint density at radius 1 is 1.00 bits per heavy atom. The summed E-state index contributed by atoms with van der Waals surface area (Å²) in [5.41, 5.74) is 3.14. The largest absolute Gasteiger partial charge is 0.207 e. The van der Waals surface area contributed by atoms with Gasteiger partial charge in [-0.05, 0) is 55.2 Å². The first-order valence-corrected chi connectivity index (χ1v) is 7.47. The molecule has 0 bridgehead atoms. The van der Waals surface area contributed by atoms with Gasteiger partial charge in [-0.2, -0.15) is 0 Å². The fourth-order valence-electron chi connectivity index (χ4n) is 2.06. The van der Waals surface area contributed by atoms with Gasteiger partial charge in [0, 0.05) is 10.6 Å². The lowest BCUT2D eigenvalue weighted by Crippen LogP contribution is -2.04. The molecule has 0 saturated heterocycles. The third kappa shape index (κ3) is 2.75. The Bertz CT molecular complexity index is 668. The lowest BCUT2D eigenvalue weighted by Gasteiger charge is -2.17. The van der Waals surface area contributed by atoms with Crippen LogP contribution in [0, 0.1) is 32.4 Å². The van der Waals surface area contributed by atoms with Crippen molar-refractivity contribution in [2.75, 3.05) is 0 Å². The molecule has 1 atom stereocenters. The maximum atomic E-state index is 14.2. The van der Waals surface area contributed by atoms with Crippen molar-refractivity contribution in [1.29, 1.82) is 0 Å². The van der Waals surface area contributed by atoms with Crippen LogP contribution in [0.3, 0.4) is 0 Å². The van der Waals surface area contributed by atoms with E-state index in [-0.39, 0.29) is 5.56 Å². The summed E-state index contributed by atoms with van der Waals surface area (Å²) in [6.07, 6.45) is 0. The van der Waals surface area contributed by atoms with Crippen molar-refractivity contribution >= 4 is 27.5 Å². The van der Waals surface area contributed by atoms with E-state index in [0.29, 0.717) is 16.1 Å². The lowest BCUT2D eigenvalue weighted by molar-refractivity contribution is 0.555. The molecule has 0 N–H and O–H groups in total. The fourth-order valence-corrected chi connectivity index (χ4v) is 3.32. The predicted molar refractivity (Wildman–Crippen MR) is 82.8 cm³/mol. The summed E-state index contributed by atoms with van der Waals surface area (Å²) in [4.78, 5) is -0.616. The van der Waals surface area contributed by atoms with E-state index in [4.69, 9.17) is 11.6 Å². The topological polar surface area (TPSA) is 0 Å². The fraction of sp³-hybridized carbons (Fsp3) is 0.250. The van der Waals surface area contributed by atoms with Gasteiger partial charge in [-0.3, -0.25) is 0 Å². The van der Waals surface area contributed by atoms with Crippen LogP contribution in [0.5, 0.6) is 0 Å². The minimum atomic E-state index is -0.616. The van der Waals surface area contributed by atoms with E-state index in [9.17, 15) is 8.78 Å². The quantitative estimate of drug-likeness (QED) is 0.574. The molecule has 0 aliphatic rings. The summed E-state index contributed by atoms with van der Waals surface area (Å²) < 4.78 is 28.2. The van der Waals surface area contributed by atoms with Gasteiger partial charge in [0.1, 0.15) is 11.6 Å². The molecule has 2 aromatic rings. The average molecular weight is 360 g/mol. The normalized spacial score (nSPS) is 12.6. The Balaban J connectivity index is 2.60. The van der Waals surface area contributed by atoms with E-state index >= 15 is 0 Å². The summed E-state index contributed by atoms with van der Waals surface area (Å²) in [6, 6.07) is 6.37. The summed E-state index contributed by atoms with van der Waals surface area (Å²) in [5, 5.41) is 0.496.